The lowest BCUT2D eigenvalue weighted by Gasteiger charge is -2.19. The zero-order chi connectivity index (χ0) is 10.9. The molecule has 1 unspecified atom stereocenters. The van der Waals surface area contributed by atoms with Gasteiger partial charge in [0.05, 0.1) is 5.02 Å². The van der Waals surface area contributed by atoms with Gasteiger partial charge in [0.1, 0.15) is 11.5 Å². The van der Waals surface area contributed by atoms with Crippen molar-refractivity contribution < 1.29 is 8.78 Å². The molecule has 2 N–H and O–H groups in total. The first kappa shape index (κ1) is 11.9. The van der Waals surface area contributed by atoms with Crippen LogP contribution >= 0.6 is 27.5 Å². The van der Waals surface area contributed by atoms with Gasteiger partial charge in [-0.15, -0.1) is 0 Å². The van der Waals surface area contributed by atoms with E-state index in [9.17, 15) is 8.78 Å². The third-order valence-corrected chi connectivity index (χ3v) is 3.24. The largest absolute Gasteiger partial charge is 0.327 e. The van der Waals surface area contributed by atoms with E-state index in [1.165, 1.54) is 19.1 Å². The molecule has 0 heterocycles. The summed E-state index contributed by atoms with van der Waals surface area (Å²) in [5, 5.41) is -0.125. The van der Waals surface area contributed by atoms with E-state index >= 15 is 0 Å². The summed E-state index contributed by atoms with van der Waals surface area (Å²) in [6.45, 7) is 0.928. The van der Waals surface area contributed by atoms with Gasteiger partial charge in [-0.1, -0.05) is 17.7 Å². The van der Waals surface area contributed by atoms with Gasteiger partial charge >= 0.3 is 0 Å². The second kappa shape index (κ2) is 4.13. The van der Waals surface area contributed by atoms with E-state index in [-0.39, 0.29) is 17.1 Å². The Bertz CT molecular complexity index is 355. The minimum absolute atomic E-state index is 0.117. The summed E-state index contributed by atoms with van der Waals surface area (Å²) in [6.07, 6.45) is 0. The van der Waals surface area contributed by atoms with Crippen molar-refractivity contribution in [2.75, 3.05) is 6.54 Å². The van der Waals surface area contributed by atoms with Crippen molar-refractivity contribution in [1.29, 1.82) is 0 Å². The maximum atomic E-state index is 13.7. The Morgan fingerprint density at radius 3 is 2.64 bits per heavy atom. The summed E-state index contributed by atoms with van der Waals surface area (Å²) in [5.41, 5.74) is 3.19. The predicted molar refractivity (Wildman–Crippen MR) is 56.6 cm³/mol. The van der Waals surface area contributed by atoms with Crippen molar-refractivity contribution in [2.24, 2.45) is 5.73 Å². The van der Waals surface area contributed by atoms with E-state index in [4.69, 9.17) is 17.3 Å². The molecule has 1 aromatic rings. The zero-order valence-corrected chi connectivity index (χ0v) is 9.79. The van der Waals surface area contributed by atoms with E-state index in [1.54, 1.807) is 0 Å². The minimum atomic E-state index is -1.89. The van der Waals surface area contributed by atoms with Crippen LogP contribution in [0.3, 0.4) is 0 Å². The van der Waals surface area contributed by atoms with Gasteiger partial charge in [-0.3, -0.25) is 0 Å². The summed E-state index contributed by atoms with van der Waals surface area (Å²) in [6, 6.07) is 2.83. The number of alkyl halides is 1. The lowest BCUT2D eigenvalue weighted by molar-refractivity contribution is 0.196. The van der Waals surface area contributed by atoms with Crippen molar-refractivity contribution in [2.45, 2.75) is 12.6 Å². The topological polar surface area (TPSA) is 26.0 Å². The number of hydrogen-bond acceptors (Lipinski definition) is 1. The van der Waals surface area contributed by atoms with Gasteiger partial charge in [0, 0.05) is 16.6 Å². The number of halogens is 4. The third kappa shape index (κ3) is 2.07. The lowest BCUT2D eigenvalue weighted by Crippen LogP contribution is -2.27. The molecular weight excluding hydrogens is 275 g/mol. The fourth-order valence-corrected chi connectivity index (χ4v) is 1.51. The summed E-state index contributed by atoms with van der Waals surface area (Å²) in [4.78, 5) is 0. The molecule has 0 amide bonds. The molecule has 78 valence electrons. The van der Waals surface area contributed by atoms with Crippen molar-refractivity contribution in [3.63, 3.8) is 0 Å². The molecule has 0 radical (unpaired) electrons. The molecule has 0 aliphatic carbocycles. The number of benzene rings is 1. The van der Waals surface area contributed by atoms with Gasteiger partial charge in [0.25, 0.3) is 0 Å². The Kier molecular flexibility index (Phi) is 3.50. The van der Waals surface area contributed by atoms with E-state index < -0.39 is 11.5 Å². The molecule has 0 fully saturated rings. The summed E-state index contributed by atoms with van der Waals surface area (Å²) < 4.78 is 27.6. The van der Waals surface area contributed by atoms with Crippen LogP contribution in [0.1, 0.15) is 12.5 Å². The molecular formula is C9H9BrClF2N. The molecule has 1 atom stereocenters. The van der Waals surface area contributed by atoms with Crippen LogP contribution in [0.25, 0.3) is 0 Å². The van der Waals surface area contributed by atoms with Crippen LogP contribution < -0.4 is 5.73 Å². The van der Waals surface area contributed by atoms with E-state index in [1.807, 2.05) is 0 Å². The normalized spacial score (nSPS) is 15.3. The van der Waals surface area contributed by atoms with Crippen LogP contribution in [0.4, 0.5) is 8.78 Å². The van der Waals surface area contributed by atoms with Gasteiger partial charge in [-0.05, 0) is 28.9 Å². The lowest BCUT2D eigenvalue weighted by atomic mass is 9.98. The monoisotopic (exact) mass is 283 g/mol. The van der Waals surface area contributed by atoms with Gasteiger partial charge in [0.2, 0.25) is 0 Å². The first-order chi connectivity index (χ1) is 6.40. The van der Waals surface area contributed by atoms with Crippen molar-refractivity contribution in [3.05, 3.63) is 33.0 Å². The molecule has 0 spiro atoms. The number of nitrogens with two attached hydrogens (primary N) is 1. The van der Waals surface area contributed by atoms with E-state index in [0.717, 1.165) is 0 Å². The van der Waals surface area contributed by atoms with Crippen LogP contribution in [0.5, 0.6) is 0 Å². The van der Waals surface area contributed by atoms with Gasteiger partial charge in [-0.25, -0.2) is 8.78 Å². The van der Waals surface area contributed by atoms with Crippen LogP contribution in [-0.2, 0) is 5.67 Å². The van der Waals surface area contributed by atoms with Crippen LogP contribution in [-0.4, -0.2) is 6.54 Å². The smallest absolute Gasteiger partial charge is 0.149 e. The molecule has 0 aliphatic rings. The SMILES string of the molecule is CC(F)(CN)c1ccc(Br)c(Cl)c1F. The predicted octanol–water partition coefficient (Wildman–Crippen LogP) is 3.39. The molecule has 0 saturated carbocycles. The number of hydrogen-bond donors (Lipinski definition) is 1. The van der Waals surface area contributed by atoms with Gasteiger partial charge in [0.15, 0.2) is 0 Å². The second-order valence-corrected chi connectivity index (χ2v) is 4.36. The zero-order valence-electron chi connectivity index (χ0n) is 7.45. The van der Waals surface area contributed by atoms with Crippen molar-refractivity contribution in [3.8, 4) is 0 Å². The summed E-state index contributed by atoms with van der Waals surface area (Å²) in [5.74, 6) is -0.767. The first-order valence-electron chi connectivity index (χ1n) is 3.93. The summed E-state index contributed by atoms with van der Waals surface area (Å²) >= 11 is 8.66. The van der Waals surface area contributed by atoms with Crippen LogP contribution in [0.2, 0.25) is 5.02 Å². The average Bonchev–Trinajstić information content (AvgIpc) is 2.14. The highest BCUT2D eigenvalue weighted by molar-refractivity contribution is 9.10. The van der Waals surface area contributed by atoms with Gasteiger partial charge in [-0.2, -0.15) is 0 Å². The minimum Gasteiger partial charge on any atom is -0.327 e. The first-order valence-corrected chi connectivity index (χ1v) is 5.10. The fourth-order valence-electron chi connectivity index (χ4n) is 1.04. The quantitative estimate of drug-likeness (QED) is 0.828. The molecule has 0 bridgehead atoms. The standard InChI is InChI=1S/C9H9BrClF2N/c1-9(13,4-14)5-2-3-6(10)7(11)8(5)12/h2-3H,4,14H2,1H3. The molecule has 0 aromatic heterocycles. The highest BCUT2D eigenvalue weighted by Gasteiger charge is 2.29. The fraction of sp³-hybridized carbons (Fsp3) is 0.333. The molecule has 1 rings (SSSR count). The van der Waals surface area contributed by atoms with Crippen molar-refractivity contribution >= 4 is 27.5 Å². The van der Waals surface area contributed by atoms with Crippen molar-refractivity contribution in [1.82, 2.24) is 0 Å². The highest BCUT2D eigenvalue weighted by Crippen LogP contribution is 2.34. The van der Waals surface area contributed by atoms with E-state index in [0.29, 0.717) is 4.47 Å². The summed E-state index contributed by atoms with van der Waals surface area (Å²) in [7, 11) is 0. The van der Waals surface area contributed by atoms with Crippen LogP contribution in [0.15, 0.2) is 16.6 Å². The molecule has 0 saturated heterocycles. The number of rotatable bonds is 2. The Hall–Kier alpha value is -0.190. The van der Waals surface area contributed by atoms with Crippen LogP contribution in [0, 0.1) is 5.82 Å². The Morgan fingerprint density at radius 1 is 1.57 bits per heavy atom. The third-order valence-electron chi connectivity index (χ3n) is 1.98. The van der Waals surface area contributed by atoms with E-state index in [2.05, 4.69) is 15.9 Å². The molecule has 1 aromatic carbocycles. The molecule has 5 heteroatoms. The average molecular weight is 285 g/mol. The second-order valence-electron chi connectivity index (χ2n) is 3.12. The Morgan fingerprint density at radius 2 is 2.14 bits per heavy atom. The highest BCUT2D eigenvalue weighted by atomic mass is 79.9. The Balaban J connectivity index is 3.31. The maximum Gasteiger partial charge on any atom is 0.149 e. The molecule has 1 nitrogen and oxygen atoms in total. The van der Waals surface area contributed by atoms with Gasteiger partial charge < -0.3 is 5.73 Å². The maximum absolute atomic E-state index is 13.7. The molecule has 0 aliphatic heterocycles. The molecule has 14 heavy (non-hydrogen) atoms. The Labute approximate surface area is 94.4 Å².